The minimum absolute atomic E-state index is 0.119. The maximum Gasteiger partial charge on any atom is 0.361 e. The molecule has 1 aromatic rings. The van der Waals surface area contributed by atoms with Crippen molar-refractivity contribution in [2.24, 2.45) is 0 Å². The average Bonchev–Trinajstić information content (AvgIpc) is 2.97. The zero-order chi connectivity index (χ0) is 18.2. The van der Waals surface area contributed by atoms with Crippen LogP contribution in [0.3, 0.4) is 0 Å². The van der Waals surface area contributed by atoms with Crippen molar-refractivity contribution in [3.8, 4) is 0 Å². The van der Waals surface area contributed by atoms with Crippen molar-refractivity contribution < 1.29 is 32.7 Å². The lowest BCUT2D eigenvalue weighted by atomic mass is 10.3. The van der Waals surface area contributed by atoms with Crippen LogP contribution in [-0.4, -0.2) is 60.5 Å². The van der Waals surface area contributed by atoms with Crippen molar-refractivity contribution in [1.82, 2.24) is 15.0 Å². The van der Waals surface area contributed by atoms with Gasteiger partial charge in [0.2, 0.25) is 5.69 Å². The number of hydrogen-bond acceptors (Lipinski definition) is 9. The van der Waals surface area contributed by atoms with E-state index in [2.05, 4.69) is 19.8 Å². The first kappa shape index (κ1) is 20.3. The third-order valence-electron chi connectivity index (χ3n) is 2.95. The number of nitrogens with zero attached hydrogens (tertiary/aromatic N) is 3. The Kier molecular flexibility index (Phi) is 8.03. The van der Waals surface area contributed by atoms with E-state index in [0.29, 0.717) is 6.42 Å². The fraction of sp³-hybridized carbons (Fsp3) is 0.692. The Morgan fingerprint density at radius 1 is 1.08 bits per heavy atom. The second-order valence-electron chi connectivity index (χ2n) is 4.52. The molecule has 0 aliphatic heterocycles. The van der Waals surface area contributed by atoms with Crippen LogP contribution in [0.25, 0.3) is 0 Å². The predicted molar refractivity (Wildman–Crippen MR) is 83.0 cm³/mol. The first-order chi connectivity index (χ1) is 11.4. The van der Waals surface area contributed by atoms with E-state index in [1.54, 1.807) is 13.8 Å². The van der Waals surface area contributed by atoms with Gasteiger partial charge in [-0.3, -0.25) is 4.57 Å². The largest absolute Gasteiger partial charge is 0.464 e. The fourth-order valence-electron chi connectivity index (χ4n) is 1.98. The average molecular weight is 363 g/mol. The summed E-state index contributed by atoms with van der Waals surface area (Å²) in [5.41, 5.74) is -0.353. The van der Waals surface area contributed by atoms with E-state index in [9.17, 15) is 14.2 Å². The molecule has 0 saturated heterocycles. The molecule has 1 rings (SSSR count). The van der Waals surface area contributed by atoms with Gasteiger partial charge < -0.3 is 18.5 Å². The molecule has 0 radical (unpaired) electrons. The number of ether oxygens (including phenoxy) is 2. The number of hydrogen-bond donors (Lipinski definition) is 0. The highest BCUT2D eigenvalue weighted by Crippen LogP contribution is 2.48. The highest BCUT2D eigenvalue weighted by molar-refractivity contribution is 7.53. The third kappa shape index (κ3) is 5.12. The molecule has 0 aromatic carbocycles. The Bertz CT molecular complexity index is 607. The molecule has 11 heteroatoms. The normalized spacial score (nSPS) is 11.3. The molecular formula is C13H22N3O7P. The van der Waals surface area contributed by atoms with Crippen molar-refractivity contribution in [2.45, 2.75) is 26.8 Å². The number of methoxy groups -OCH3 is 2. The van der Waals surface area contributed by atoms with Crippen LogP contribution in [0.1, 0.15) is 41.2 Å². The summed E-state index contributed by atoms with van der Waals surface area (Å²) in [6.45, 7) is 4.15. The predicted octanol–water partition coefficient (Wildman–Crippen LogP) is 1.51. The molecule has 0 amide bonds. The molecule has 1 heterocycles. The molecule has 24 heavy (non-hydrogen) atoms. The molecular weight excluding hydrogens is 341 g/mol. The van der Waals surface area contributed by atoms with Gasteiger partial charge in [-0.05, 0) is 20.3 Å². The SMILES string of the molecule is CCOP(=O)(CCCn1nnc(C(=O)OC)c1C(=O)OC)OCC. The van der Waals surface area contributed by atoms with Crippen LogP contribution < -0.4 is 0 Å². The lowest BCUT2D eigenvalue weighted by Gasteiger charge is -2.16. The van der Waals surface area contributed by atoms with Crippen LogP contribution in [0.4, 0.5) is 0 Å². The van der Waals surface area contributed by atoms with Crippen molar-refractivity contribution in [2.75, 3.05) is 33.6 Å². The molecule has 136 valence electrons. The van der Waals surface area contributed by atoms with Crippen molar-refractivity contribution in [3.05, 3.63) is 11.4 Å². The molecule has 0 bridgehead atoms. The highest BCUT2D eigenvalue weighted by atomic mass is 31.2. The summed E-state index contributed by atoms with van der Waals surface area (Å²) in [7, 11) is -0.840. The van der Waals surface area contributed by atoms with E-state index < -0.39 is 19.5 Å². The fourth-order valence-corrected chi connectivity index (χ4v) is 3.62. The molecule has 0 aliphatic rings. The summed E-state index contributed by atoms with van der Waals surface area (Å²) < 4.78 is 33.2. The van der Waals surface area contributed by atoms with Crippen molar-refractivity contribution in [3.63, 3.8) is 0 Å². The molecule has 0 fully saturated rings. The maximum atomic E-state index is 12.4. The van der Waals surface area contributed by atoms with Gasteiger partial charge in [-0.2, -0.15) is 0 Å². The molecule has 0 atom stereocenters. The second kappa shape index (κ2) is 9.51. The summed E-state index contributed by atoms with van der Waals surface area (Å²) >= 11 is 0. The first-order valence-electron chi connectivity index (χ1n) is 7.40. The number of esters is 2. The van der Waals surface area contributed by atoms with E-state index in [4.69, 9.17) is 9.05 Å². The lowest BCUT2D eigenvalue weighted by molar-refractivity contribution is 0.0543. The quantitative estimate of drug-likeness (QED) is 0.450. The Hall–Kier alpha value is -1.77. The Balaban J connectivity index is 2.88. The zero-order valence-corrected chi connectivity index (χ0v) is 15.1. The Labute approximate surface area is 139 Å². The Morgan fingerprint density at radius 3 is 2.17 bits per heavy atom. The molecule has 0 aliphatic carbocycles. The van der Waals surface area contributed by atoms with E-state index in [0.717, 1.165) is 0 Å². The minimum atomic E-state index is -3.19. The summed E-state index contributed by atoms with van der Waals surface area (Å²) in [6.07, 6.45) is 0.480. The molecule has 0 saturated carbocycles. The van der Waals surface area contributed by atoms with E-state index >= 15 is 0 Å². The van der Waals surface area contributed by atoms with Crippen LogP contribution in [0.2, 0.25) is 0 Å². The number of carbonyl (C=O) groups is 2. The van der Waals surface area contributed by atoms with Crippen LogP contribution in [0.5, 0.6) is 0 Å². The number of aryl methyl sites for hydroxylation is 1. The van der Waals surface area contributed by atoms with E-state index in [-0.39, 0.29) is 37.3 Å². The van der Waals surface area contributed by atoms with Gasteiger partial charge in [0.1, 0.15) is 0 Å². The molecule has 0 N–H and O–H groups in total. The minimum Gasteiger partial charge on any atom is -0.464 e. The molecule has 1 aromatic heterocycles. The summed E-state index contributed by atoms with van der Waals surface area (Å²) in [5.74, 6) is -1.56. The monoisotopic (exact) mass is 363 g/mol. The standard InChI is InChI=1S/C13H22N3O7P/c1-5-22-24(19,23-6-2)9-7-8-16-11(13(18)21-4)10(14-15-16)12(17)20-3/h5-9H2,1-4H3. The van der Waals surface area contributed by atoms with Crippen LogP contribution >= 0.6 is 7.60 Å². The summed E-state index contributed by atoms with van der Waals surface area (Å²) in [4.78, 5) is 23.5. The van der Waals surface area contributed by atoms with Crippen LogP contribution in [0.15, 0.2) is 0 Å². The van der Waals surface area contributed by atoms with Gasteiger partial charge in [0.25, 0.3) is 0 Å². The zero-order valence-electron chi connectivity index (χ0n) is 14.2. The van der Waals surface area contributed by atoms with Crippen molar-refractivity contribution >= 4 is 19.5 Å². The lowest BCUT2D eigenvalue weighted by Crippen LogP contribution is -2.17. The smallest absolute Gasteiger partial charge is 0.361 e. The first-order valence-corrected chi connectivity index (χ1v) is 9.13. The number of carbonyl (C=O) groups excluding carboxylic acids is 2. The van der Waals surface area contributed by atoms with Gasteiger partial charge in [-0.15, -0.1) is 5.10 Å². The van der Waals surface area contributed by atoms with E-state index in [1.807, 2.05) is 0 Å². The van der Waals surface area contributed by atoms with Gasteiger partial charge in [-0.1, -0.05) is 5.21 Å². The topological polar surface area (TPSA) is 119 Å². The van der Waals surface area contributed by atoms with Crippen LogP contribution in [-0.2, 0) is 29.6 Å². The molecule has 0 unspecified atom stereocenters. The van der Waals surface area contributed by atoms with E-state index in [1.165, 1.54) is 18.9 Å². The third-order valence-corrected chi connectivity index (χ3v) is 5.11. The van der Waals surface area contributed by atoms with Gasteiger partial charge in [0, 0.05) is 6.54 Å². The maximum absolute atomic E-state index is 12.4. The Morgan fingerprint density at radius 2 is 1.67 bits per heavy atom. The van der Waals surface area contributed by atoms with Gasteiger partial charge in [0.15, 0.2) is 5.69 Å². The van der Waals surface area contributed by atoms with Crippen molar-refractivity contribution in [1.29, 1.82) is 0 Å². The summed E-state index contributed by atoms with van der Waals surface area (Å²) in [5, 5.41) is 7.41. The van der Waals surface area contributed by atoms with Gasteiger partial charge in [0.05, 0.1) is 33.6 Å². The van der Waals surface area contributed by atoms with Gasteiger partial charge >= 0.3 is 19.5 Å². The number of rotatable bonds is 10. The van der Waals surface area contributed by atoms with Crippen LogP contribution in [0, 0.1) is 0 Å². The highest BCUT2D eigenvalue weighted by Gasteiger charge is 2.28. The molecule has 10 nitrogen and oxygen atoms in total. The summed E-state index contributed by atoms with van der Waals surface area (Å²) in [6, 6.07) is 0. The molecule has 0 spiro atoms. The second-order valence-corrected chi connectivity index (χ2v) is 6.70. The number of aromatic nitrogens is 3. The van der Waals surface area contributed by atoms with Gasteiger partial charge in [-0.25, -0.2) is 14.3 Å².